The molecule has 0 spiro atoms. The molecule has 0 saturated heterocycles. The summed E-state index contributed by atoms with van der Waals surface area (Å²) in [4.78, 5) is 22.4. The Balaban J connectivity index is 2.44. The van der Waals surface area contributed by atoms with Gasteiger partial charge in [0.25, 0.3) is 0 Å². The molecule has 1 rings (SSSR count). The normalized spacial score (nSPS) is 10.8. The molecule has 3 N–H and O–H groups in total. The first kappa shape index (κ1) is 17.7. The van der Waals surface area contributed by atoms with Crippen molar-refractivity contribution in [3.63, 3.8) is 0 Å². The summed E-state index contributed by atoms with van der Waals surface area (Å²) in [6, 6.07) is 4.22. The quantitative estimate of drug-likeness (QED) is 0.731. The van der Waals surface area contributed by atoms with Gasteiger partial charge in [-0.15, -0.1) is 0 Å². The molecule has 1 aromatic carbocycles. The van der Waals surface area contributed by atoms with E-state index in [9.17, 15) is 14.0 Å². The number of rotatable bonds is 5. The lowest BCUT2D eigenvalue weighted by Crippen LogP contribution is -2.35. The van der Waals surface area contributed by atoms with E-state index in [-0.39, 0.29) is 18.1 Å². The van der Waals surface area contributed by atoms with Crippen LogP contribution in [0.4, 0.5) is 20.6 Å². The zero-order valence-electron chi connectivity index (χ0n) is 13.2. The van der Waals surface area contributed by atoms with E-state index in [1.807, 2.05) is 0 Å². The Morgan fingerprint density at radius 3 is 2.50 bits per heavy atom. The Morgan fingerprint density at radius 1 is 1.23 bits per heavy atom. The van der Waals surface area contributed by atoms with Gasteiger partial charge in [-0.25, -0.2) is 9.18 Å². The van der Waals surface area contributed by atoms with Crippen LogP contribution in [0, 0.1) is 5.82 Å². The fourth-order valence-corrected chi connectivity index (χ4v) is 1.62. The van der Waals surface area contributed by atoms with Crippen LogP contribution < -0.4 is 16.0 Å². The Kier molecular flexibility index (Phi) is 6.15. The number of nitrogens with one attached hydrogen (secondary N) is 3. The van der Waals surface area contributed by atoms with Gasteiger partial charge in [-0.05, 0) is 39.0 Å². The highest BCUT2D eigenvalue weighted by molar-refractivity contribution is 5.89. The summed E-state index contributed by atoms with van der Waals surface area (Å²) < 4.78 is 18.7. The minimum absolute atomic E-state index is 0.232. The second-order valence-corrected chi connectivity index (χ2v) is 5.73. The van der Waals surface area contributed by atoms with Crippen LogP contribution in [0.5, 0.6) is 0 Å². The fraction of sp³-hybridized carbons (Fsp3) is 0.467. The molecule has 1 aromatic rings. The van der Waals surface area contributed by atoms with Gasteiger partial charge in [-0.1, -0.05) is 0 Å². The van der Waals surface area contributed by atoms with E-state index in [4.69, 9.17) is 4.74 Å². The number of alkyl carbamates (subject to hydrolysis) is 1. The number of ether oxygens (including phenoxy) is 1. The van der Waals surface area contributed by atoms with Crippen LogP contribution >= 0.6 is 0 Å². The van der Waals surface area contributed by atoms with Gasteiger partial charge < -0.3 is 20.7 Å². The van der Waals surface area contributed by atoms with Gasteiger partial charge in [0.2, 0.25) is 5.91 Å². The first-order chi connectivity index (χ1) is 10.2. The third kappa shape index (κ3) is 6.92. The summed E-state index contributed by atoms with van der Waals surface area (Å²) in [5.41, 5.74) is 0.185. The maximum absolute atomic E-state index is 13.6. The van der Waals surface area contributed by atoms with Crippen molar-refractivity contribution in [1.29, 1.82) is 0 Å². The van der Waals surface area contributed by atoms with Gasteiger partial charge in [0, 0.05) is 25.7 Å². The summed E-state index contributed by atoms with van der Waals surface area (Å²) in [7, 11) is 0. The number of carbonyl (C=O) groups is 2. The first-order valence-electron chi connectivity index (χ1n) is 6.95. The van der Waals surface area contributed by atoms with Crippen molar-refractivity contribution >= 4 is 23.4 Å². The van der Waals surface area contributed by atoms with E-state index in [0.717, 1.165) is 0 Å². The number of carbonyl (C=O) groups excluding carboxylic acids is 2. The zero-order chi connectivity index (χ0) is 16.8. The van der Waals surface area contributed by atoms with Crippen molar-refractivity contribution in [2.45, 2.75) is 33.3 Å². The van der Waals surface area contributed by atoms with E-state index in [0.29, 0.717) is 12.2 Å². The van der Waals surface area contributed by atoms with Gasteiger partial charge in [0.1, 0.15) is 11.4 Å². The largest absolute Gasteiger partial charge is 0.444 e. The number of hydrogen-bond donors (Lipinski definition) is 3. The molecule has 0 saturated carbocycles. The second-order valence-electron chi connectivity index (χ2n) is 5.73. The topological polar surface area (TPSA) is 79.5 Å². The van der Waals surface area contributed by atoms with Crippen LogP contribution in [0.25, 0.3) is 0 Å². The highest BCUT2D eigenvalue weighted by Gasteiger charge is 2.15. The first-order valence-corrected chi connectivity index (χ1v) is 6.95. The molecule has 0 aliphatic heterocycles. The molecule has 0 radical (unpaired) electrons. The van der Waals surface area contributed by atoms with E-state index in [1.165, 1.54) is 25.1 Å². The van der Waals surface area contributed by atoms with Gasteiger partial charge in [0.05, 0.1) is 5.69 Å². The standard InChI is InChI=1S/C15H22FN3O3/c1-10(20)19-11-5-6-12(16)13(9-11)17-7-8-18-14(21)22-15(2,3)4/h5-6,9,17H,7-8H2,1-4H3,(H,18,21)(H,19,20). The summed E-state index contributed by atoms with van der Waals surface area (Å²) in [5.74, 6) is -0.671. The van der Waals surface area contributed by atoms with Crippen LogP contribution in [0.1, 0.15) is 27.7 Å². The molecule has 7 heteroatoms. The Bertz CT molecular complexity index is 541. The van der Waals surface area contributed by atoms with Crippen molar-refractivity contribution in [3.05, 3.63) is 24.0 Å². The van der Waals surface area contributed by atoms with E-state index >= 15 is 0 Å². The SMILES string of the molecule is CC(=O)Nc1ccc(F)c(NCCNC(=O)OC(C)(C)C)c1. The molecule has 0 bridgehead atoms. The minimum Gasteiger partial charge on any atom is -0.444 e. The molecule has 0 atom stereocenters. The third-order valence-electron chi connectivity index (χ3n) is 2.40. The molecule has 0 unspecified atom stereocenters. The zero-order valence-corrected chi connectivity index (χ0v) is 13.2. The number of amides is 2. The lowest BCUT2D eigenvalue weighted by Gasteiger charge is -2.19. The molecule has 122 valence electrons. The lowest BCUT2D eigenvalue weighted by atomic mass is 10.2. The predicted octanol–water partition coefficient (Wildman–Crippen LogP) is 2.72. The molecule has 22 heavy (non-hydrogen) atoms. The van der Waals surface area contributed by atoms with E-state index < -0.39 is 17.5 Å². The molecule has 0 heterocycles. The van der Waals surface area contributed by atoms with Crippen LogP contribution in [-0.2, 0) is 9.53 Å². The highest BCUT2D eigenvalue weighted by Crippen LogP contribution is 2.19. The number of benzene rings is 1. The van der Waals surface area contributed by atoms with Crippen molar-refractivity contribution in [3.8, 4) is 0 Å². The second kappa shape index (κ2) is 7.63. The van der Waals surface area contributed by atoms with Crippen LogP contribution in [0.3, 0.4) is 0 Å². The predicted molar refractivity (Wildman–Crippen MR) is 83.4 cm³/mol. The van der Waals surface area contributed by atoms with Crippen molar-refractivity contribution in [2.24, 2.45) is 0 Å². The lowest BCUT2D eigenvalue weighted by molar-refractivity contribution is -0.114. The van der Waals surface area contributed by atoms with Gasteiger partial charge >= 0.3 is 6.09 Å². The van der Waals surface area contributed by atoms with Crippen molar-refractivity contribution < 1.29 is 18.7 Å². The average molecular weight is 311 g/mol. The minimum atomic E-state index is -0.559. The summed E-state index contributed by atoms with van der Waals surface area (Å²) in [6.07, 6.45) is -0.526. The maximum atomic E-state index is 13.6. The van der Waals surface area contributed by atoms with Crippen LogP contribution in [-0.4, -0.2) is 30.7 Å². The number of anilines is 2. The Morgan fingerprint density at radius 2 is 1.91 bits per heavy atom. The Labute approximate surface area is 129 Å². The van der Waals surface area contributed by atoms with Crippen molar-refractivity contribution in [1.82, 2.24) is 5.32 Å². The summed E-state index contributed by atoms with van der Waals surface area (Å²) >= 11 is 0. The number of halogens is 1. The fourth-order valence-electron chi connectivity index (χ4n) is 1.62. The van der Waals surface area contributed by atoms with E-state index in [2.05, 4.69) is 16.0 Å². The smallest absolute Gasteiger partial charge is 0.407 e. The molecular formula is C15H22FN3O3. The Hall–Kier alpha value is -2.31. The van der Waals surface area contributed by atoms with Crippen LogP contribution in [0.2, 0.25) is 0 Å². The number of hydrogen-bond acceptors (Lipinski definition) is 4. The van der Waals surface area contributed by atoms with Gasteiger partial charge in [-0.3, -0.25) is 4.79 Å². The maximum Gasteiger partial charge on any atom is 0.407 e. The van der Waals surface area contributed by atoms with Crippen molar-refractivity contribution in [2.75, 3.05) is 23.7 Å². The van der Waals surface area contributed by atoms with Crippen LogP contribution in [0.15, 0.2) is 18.2 Å². The third-order valence-corrected chi connectivity index (χ3v) is 2.40. The molecule has 6 nitrogen and oxygen atoms in total. The van der Waals surface area contributed by atoms with Gasteiger partial charge in [-0.2, -0.15) is 0 Å². The average Bonchev–Trinajstić information content (AvgIpc) is 2.35. The highest BCUT2D eigenvalue weighted by atomic mass is 19.1. The molecule has 0 aliphatic rings. The molecule has 0 aromatic heterocycles. The summed E-state index contributed by atoms with van der Waals surface area (Å²) in [5, 5.41) is 7.98. The molecule has 0 aliphatic carbocycles. The molecule has 2 amide bonds. The van der Waals surface area contributed by atoms with E-state index in [1.54, 1.807) is 20.8 Å². The molecule has 0 fully saturated rings. The summed E-state index contributed by atoms with van der Waals surface area (Å²) in [6.45, 7) is 7.29. The molecular weight excluding hydrogens is 289 g/mol. The van der Waals surface area contributed by atoms with Gasteiger partial charge in [0.15, 0.2) is 0 Å². The monoisotopic (exact) mass is 311 g/mol.